The molecule has 0 aromatic heterocycles. The smallest absolute Gasteiger partial charge is 0.408 e. The summed E-state index contributed by atoms with van der Waals surface area (Å²) in [6.07, 6.45) is 0.408. The Kier molecular flexibility index (Phi) is 6.13. The third-order valence-electron chi connectivity index (χ3n) is 4.63. The number of nitrogens with one attached hydrogen (secondary N) is 1. The van der Waals surface area contributed by atoms with Crippen molar-refractivity contribution >= 4 is 17.8 Å². The predicted molar refractivity (Wildman–Crippen MR) is 98.4 cm³/mol. The van der Waals surface area contributed by atoms with Crippen molar-refractivity contribution in [3.63, 3.8) is 0 Å². The van der Waals surface area contributed by atoms with E-state index in [1.54, 1.807) is 52.1 Å². The van der Waals surface area contributed by atoms with Crippen LogP contribution in [0.3, 0.4) is 0 Å². The first-order valence-corrected chi connectivity index (χ1v) is 8.89. The number of alkyl carbamates (subject to hydrolysis) is 1. The third-order valence-corrected chi connectivity index (χ3v) is 4.63. The van der Waals surface area contributed by atoms with E-state index in [9.17, 15) is 14.4 Å². The van der Waals surface area contributed by atoms with E-state index in [0.717, 1.165) is 0 Å². The number of ether oxygens (including phenoxy) is 3. The van der Waals surface area contributed by atoms with Crippen molar-refractivity contribution in [1.82, 2.24) is 5.32 Å². The number of Topliss-reactive ketones (excluding diaryl/α,β-unsaturated/α-hetero) is 1. The van der Waals surface area contributed by atoms with Crippen LogP contribution in [0.25, 0.3) is 0 Å². The first-order valence-electron chi connectivity index (χ1n) is 8.89. The van der Waals surface area contributed by atoms with E-state index >= 15 is 0 Å². The van der Waals surface area contributed by atoms with Gasteiger partial charge in [0.1, 0.15) is 11.4 Å². The van der Waals surface area contributed by atoms with Crippen LogP contribution in [-0.2, 0) is 19.1 Å². The molecule has 1 aliphatic rings. The van der Waals surface area contributed by atoms with Crippen LogP contribution in [-0.4, -0.2) is 37.7 Å². The highest BCUT2D eigenvalue weighted by Crippen LogP contribution is 2.46. The molecule has 0 saturated heterocycles. The van der Waals surface area contributed by atoms with Gasteiger partial charge >= 0.3 is 12.1 Å². The molecular formula is C20H27NO6. The van der Waals surface area contributed by atoms with Crippen molar-refractivity contribution in [3.8, 4) is 5.75 Å². The number of carbonyl (C=O) groups excluding carboxylic acids is 3. The van der Waals surface area contributed by atoms with Crippen molar-refractivity contribution in [2.75, 3.05) is 14.2 Å². The van der Waals surface area contributed by atoms with Gasteiger partial charge in [0, 0.05) is 6.42 Å². The molecule has 1 amide bonds. The van der Waals surface area contributed by atoms with Crippen LogP contribution in [0.2, 0.25) is 0 Å². The molecule has 0 spiro atoms. The fraction of sp³-hybridized carbons (Fsp3) is 0.550. The van der Waals surface area contributed by atoms with E-state index in [-0.39, 0.29) is 12.2 Å². The molecule has 7 nitrogen and oxygen atoms in total. The highest BCUT2D eigenvalue weighted by molar-refractivity contribution is 6.06. The standard InChI is InChI=1S/C20H27NO6/c1-19(2,3)27-18(24)21-16(13-8-10-14(25-4)11-9-13)20(17(23)26-5)12-6-7-15(20)22/h8-11,16H,6-7,12H2,1-5H3,(H,21,24)/t16-,20+/m1/s1. The number of benzene rings is 1. The number of esters is 1. The molecule has 0 aliphatic heterocycles. The number of hydrogen-bond donors (Lipinski definition) is 1. The van der Waals surface area contributed by atoms with Crippen LogP contribution in [0.5, 0.6) is 5.75 Å². The highest BCUT2D eigenvalue weighted by Gasteiger charge is 2.56. The number of hydrogen-bond acceptors (Lipinski definition) is 6. The summed E-state index contributed by atoms with van der Waals surface area (Å²) in [5.41, 5.74) is -1.59. The van der Waals surface area contributed by atoms with Crippen LogP contribution in [0.15, 0.2) is 24.3 Å². The predicted octanol–water partition coefficient (Wildman–Crippen LogP) is 3.17. The summed E-state index contributed by atoms with van der Waals surface area (Å²) >= 11 is 0. The minimum atomic E-state index is -1.47. The fourth-order valence-electron chi connectivity index (χ4n) is 3.42. The first-order chi connectivity index (χ1) is 12.6. The van der Waals surface area contributed by atoms with Crippen molar-refractivity contribution < 1.29 is 28.6 Å². The van der Waals surface area contributed by atoms with Gasteiger partial charge in [0.15, 0.2) is 11.2 Å². The molecule has 2 atom stereocenters. The Labute approximate surface area is 159 Å². The Balaban J connectivity index is 2.48. The summed E-state index contributed by atoms with van der Waals surface area (Å²) < 4.78 is 15.5. The van der Waals surface area contributed by atoms with Crippen molar-refractivity contribution in [2.45, 2.75) is 51.7 Å². The van der Waals surface area contributed by atoms with Crippen LogP contribution < -0.4 is 10.1 Å². The second kappa shape index (κ2) is 7.98. The Hall–Kier alpha value is -2.57. The Morgan fingerprint density at radius 3 is 2.22 bits per heavy atom. The molecule has 1 saturated carbocycles. The number of methoxy groups -OCH3 is 2. The molecule has 1 N–H and O–H groups in total. The molecule has 148 valence electrons. The Morgan fingerprint density at radius 2 is 1.78 bits per heavy atom. The molecule has 7 heteroatoms. The van der Waals surface area contributed by atoms with Gasteiger partial charge in [-0.3, -0.25) is 9.59 Å². The molecule has 0 radical (unpaired) electrons. The summed E-state index contributed by atoms with van der Waals surface area (Å²) in [6.45, 7) is 5.23. The highest BCUT2D eigenvalue weighted by atomic mass is 16.6. The average Bonchev–Trinajstić information content (AvgIpc) is 3.00. The maximum atomic E-state index is 12.8. The van der Waals surface area contributed by atoms with Gasteiger partial charge in [0.25, 0.3) is 0 Å². The lowest BCUT2D eigenvalue weighted by molar-refractivity contribution is -0.158. The SMILES string of the molecule is COC(=O)[C@@]1([C@H](NC(=O)OC(C)(C)C)c2ccc(OC)cc2)CCCC1=O. The molecule has 0 bridgehead atoms. The second-order valence-electron chi connectivity index (χ2n) is 7.59. The van der Waals surface area contributed by atoms with Crippen molar-refractivity contribution in [3.05, 3.63) is 29.8 Å². The zero-order valence-electron chi connectivity index (χ0n) is 16.5. The van der Waals surface area contributed by atoms with Gasteiger partial charge in [-0.1, -0.05) is 12.1 Å². The largest absolute Gasteiger partial charge is 0.497 e. The topological polar surface area (TPSA) is 90.9 Å². The van der Waals surface area contributed by atoms with Gasteiger partial charge in [-0.25, -0.2) is 4.79 Å². The summed E-state index contributed by atoms with van der Waals surface area (Å²) in [4.78, 5) is 37.9. The number of amides is 1. The molecule has 1 fully saturated rings. The normalized spacial score (nSPS) is 20.7. The lowest BCUT2D eigenvalue weighted by atomic mass is 9.74. The van der Waals surface area contributed by atoms with Gasteiger partial charge in [-0.15, -0.1) is 0 Å². The van der Waals surface area contributed by atoms with E-state index in [4.69, 9.17) is 14.2 Å². The molecule has 2 rings (SSSR count). The summed E-state index contributed by atoms with van der Waals surface area (Å²) in [5, 5.41) is 2.73. The maximum Gasteiger partial charge on any atom is 0.408 e. The van der Waals surface area contributed by atoms with E-state index in [1.807, 2.05) is 0 Å². The van der Waals surface area contributed by atoms with Crippen molar-refractivity contribution in [2.24, 2.45) is 5.41 Å². The van der Waals surface area contributed by atoms with E-state index in [1.165, 1.54) is 7.11 Å². The molecule has 0 heterocycles. The zero-order chi connectivity index (χ0) is 20.2. The summed E-state index contributed by atoms with van der Waals surface area (Å²) in [7, 11) is 2.79. The van der Waals surface area contributed by atoms with E-state index in [0.29, 0.717) is 24.2 Å². The Morgan fingerprint density at radius 1 is 1.15 bits per heavy atom. The van der Waals surface area contributed by atoms with Gasteiger partial charge in [-0.2, -0.15) is 0 Å². The molecule has 27 heavy (non-hydrogen) atoms. The number of carbonyl (C=O) groups is 3. The van der Waals surface area contributed by atoms with Crippen LogP contribution in [0.1, 0.15) is 51.6 Å². The van der Waals surface area contributed by atoms with Crippen LogP contribution >= 0.6 is 0 Å². The summed E-state index contributed by atoms with van der Waals surface area (Å²) in [5.74, 6) is -0.271. The van der Waals surface area contributed by atoms with Gasteiger partial charge in [0.05, 0.1) is 20.3 Å². The zero-order valence-corrected chi connectivity index (χ0v) is 16.5. The molecule has 1 aliphatic carbocycles. The van der Waals surface area contributed by atoms with E-state index in [2.05, 4.69) is 5.32 Å². The molecule has 0 unspecified atom stereocenters. The maximum absolute atomic E-state index is 12.8. The lowest BCUT2D eigenvalue weighted by Gasteiger charge is -2.35. The van der Waals surface area contributed by atoms with Gasteiger partial charge in [0.2, 0.25) is 0 Å². The minimum Gasteiger partial charge on any atom is -0.497 e. The van der Waals surface area contributed by atoms with Crippen LogP contribution in [0.4, 0.5) is 4.79 Å². The van der Waals surface area contributed by atoms with Gasteiger partial charge in [-0.05, 0) is 51.3 Å². The molecule has 1 aromatic rings. The summed E-state index contributed by atoms with van der Waals surface area (Å²) in [6, 6.07) is 5.96. The fourth-order valence-corrected chi connectivity index (χ4v) is 3.42. The average molecular weight is 377 g/mol. The van der Waals surface area contributed by atoms with Crippen LogP contribution in [0, 0.1) is 5.41 Å². The Bertz CT molecular complexity index is 706. The van der Waals surface area contributed by atoms with E-state index < -0.39 is 29.1 Å². The number of rotatable bonds is 5. The number of ketones is 1. The minimum absolute atomic E-state index is 0.244. The van der Waals surface area contributed by atoms with Crippen molar-refractivity contribution in [1.29, 1.82) is 0 Å². The molecule has 1 aromatic carbocycles. The first kappa shape index (κ1) is 20.7. The molecular weight excluding hydrogens is 350 g/mol. The van der Waals surface area contributed by atoms with Gasteiger partial charge < -0.3 is 19.5 Å². The third kappa shape index (κ3) is 4.40. The second-order valence-corrected chi connectivity index (χ2v) is 7.59. The lowest BCUT2D eigenvalue weighted by Crippen LogP contribution is -2.50. The monoisotopic (exact) mass is 377 g/mol. The quantitative estimate of drug-likeness (QED) is 0.626.